The summed E-state index contributed by atoms with van der Waals surface area (Å²) in [4.78, 5) is 16.5. The van der Waals surface area contributed by atoms with Gasteiger partial charge in [0.25, 0.3) is 5.91 Å². The van der Waals surface area contributed by atoms with Gasteiger partial charge < -0.3 is 15.0 Å². The Morgan fingerprint density at radius 3 is 3.32 bits per heavy atom. The third kappa shape index (κ3) is 1.88. The van der Waals surface area contributed by atoms with E-state index in [2.05, 4.69) is 10.3 Å². The molecule has 4 nitrogen and oxygen atoms in total. The van der Waals surface area contributed by atoms with E-state index in [4.69, 9.17) is 4.74 Å². The molecule has 2 aliphatic rings. The second-order valence-corrected chi connectivity index (χ2v) is 6.34. The maximum Gasteiger partial charge on any atom is 0.267 e. The molecule has 1 aliphatic heterocycles. The number of H-pyrrole nitrogens is 1. The van der Waals surface area contributed by atoms with Crippen LogP contribution in [0.1, 0.15) is 29.8 Å². The first-order valence-corrected chi connectivity index (χ1v) is 7.68. The summed E-state index contributed by atoms with van der Waals surface area (Å²) in [7, 11) is 0. The number of hydrogen-bond donors (Lipinski definition) is 2. The lowest BCUT2D eigenvalue weighted by Gasteiger charge is -2.47. The van der Waals surface area contributed by atoms with Gasteiger partial charge in [0.05, 0.1) is 6.10 Å². The van der Waals surface area contributed by atoms with Crippen LogP contribution in [0.2, 0.25) is 0 Å². The first-order valence-electron chi connectivity index (χ1n) is 6.80. The SMILES string of the molecule is O=C(N[C@@H]1C[C@@H]2OCCC[C@@H]21)c1cc2ccsc2[nH]1. The number of carbonyl (C=O) groups is 1. The van der Waals surface area contributed by atoms with Crippen molar-refractivity contribution >= 4 is 27.5 Å². The minimum Gasteiger partial charge on any atom is -0.378 e. The number of amides is 1. The standard InChI is InChI=1S/C14H16N2O2S/c17-13(11-6-8-3-5-19-14(8)16-11)15-10-7-12-9(10)2-1-4-18-12/h3,5-6,9-10,12,16H,1-2,4,7H2,(H,15,17)/t9-,10-,12+/m1/s1. The molecule has 5 heteroatoms. The third-order valence-electron chi connectivity index (χ3n) is 4.30. The Kier molecular flexibility index (Phi) is 2.63. The van der Waals surface area contributed by atoms with Crippen molar-refractivity contribution in [2.24, 2.45) is 5.92 Å². The van der Waals surface area contributed by atoms with E-state index in [-0.39, 0.29) is 5.91 Å². The van der Waals surface area contributed by atoms with Crippen LogP contribution in [0.25, 0.3) is 10.2 Å². The summed E-state index contributed by atoms with van der Waals surface area (Å²) in [6, 6.07) is 4.25. The van der Waals surface area contributed by atoms with Crippen LogP contribution in [0.3, 0.4) is 0 Å². The summed E-state index contributed by atoms with van der Waals surface area (Å²) in [5, 5.41) is 6.28. The Balaban J connectivity index is 1.45. The van der Waals surface area contributed by atoms with Gasteiger partial charge in [0.15, 0.2) is 0 Å². The fourth-order valence-electron chi connectivity index (χ4n) is 3.18. The van der Waals surface area contributed by atoms with Gasteiger partial charge in [-0.3, -0.25) is 4.79 Å². The zero-order valence-electron chi connectivity index (χ0n) is 10.5. The van der Waals surface area contributed by atoms with Gasteiger partial charge in [-0.2, -0.15) is 0 Å². The number of ether oxygens (including phenoxy) is 1. The molecule has 4 rings (SSSR count). The second-order valence-electron chi connectivity index (χ2n) is 5.42. The molecule has 0 unspecified atom stereocenters. The van der Waals surface area contributed by atoms with Crippen LogP contribution < -0.4 is 5.32 Å². The molecular formula is C14H16N2O2S. The van der Waals surface area contributed by atoms with E-state index in [9.17, 15) is 4.79 Å². The van der Waals surface area contributed by atoms with Crippen LogP contribution in [0.5, 0.6) is 0 Å². The molecule has 1 saturated heterocycles. The molecule has 1 amide bonds. The molecule has 100 valence electrons. The highest BCUT2D eigenvalue weighted by atomic mass is 32.1. The highest BCUT2D eigenvalue weighted by Gasteiger charge is 2.44. The van der Waals surface area contributed by atoms with E-state index in [0.29, 0.717) is 23.8 Å². The molecule has 2 aromatic rings. The first kappa shape index (κ1) is 11.5. The quantitative estimate of drug-likeness (QED) is 0.885. The summed E-state index contributed by atoms with van der Waals surface area (Å²) >= 11 is 1.63. The Labute approximate surface area is 115 Å². The van der Waals surface area contributed by atoms with Gasteiger partial charge in [-0.15, -0.1) is 11.3 Å². The average molecular weight is 276 g/mol. The molecule has 0 bridgehead atoms. The lowest BCUT2D eigenvalue weighted by atomic mass is 9.72. The van der Waals surface area contributed by atoms with Gasteiger partial charge in [-0.1, -0.05) is 0 Å². The molecule has 2 aromatic heterocycles. The molecule has 1 saturated carbocycles. The number of fused-ring (bicyclic) bond motifs is 2. The molecule has 2 fully saturated rings. The molecule has 0 spiro atoms. The minimum atomic E-state index is 0.0115. The lowest BCUT2D eigenvalue weighted by molar-refractivity contribution is -0.100. The van der Waals surface area contributed by atoms with E-state index < -0.39 is 0 Å². The number of rotatable bonds is 2. The van der Waals surface area contributed by atoms with Crippen molar-refractivity contribution in [2.45, 2.75) is 31.4 Å². The maximum atomic E-state index is 12.2. The van der Waals surface area contributed by atoms with Crippen LogP contribution in [-0.2, 0) is 4.74 Å². The molecule has 1 aliphatic carbocycles. The summed E-state index contributed by atoms with van der Waals surface area (Å²) in [6.07, 6.45) is 3.64. The molecule has 2 N–H and O–H groups in total. The Hall–Kier alpha value is -1.33. The smallest absolute Gasteiger partial charge is 0.267 e. The Morgan fingerprint density at radius 1 is 1.53 bits per heavy atom. The highest BCUT2D eigenvalue weighted by Crippen LogP contribution is 2.37. The summed E-state index contributed by atoms with van der Waals surface area (Å²) in [5.74, 6) is 0.534. The van der Waals surface area contributed by atoms with Crippen LogP contribution in [0.15, 0.2) is 17.5 Å². The molecule has 0 aromatic carbocycles. The monoisotopic (exact) mass is 276 g/mol. The zero-order chi connectivity index (χ0) is 12.8. The van der Waals surface area contributed by atoms with Gasteiger partial charge in [0, 0.05) is 24.0 Å². The minimum absolute atomic E-state index is 0.0115. The normalized spacial score (nSPS) is 29.8. The number of nitrogens with one attached hydrogen (secondary N) is 2. The van der Waals surface area contributed by atoms with E-state index in [1.165, 1.54) is 6.42 Å². The molecule has 19 heavy (non-hydrogen) atoms. The predicted octanol–water partition coefficient (Wildman–Crippen LogP) is 2.53. The van der Waals surface area contributed by atoms with Crippen molar-refractivity contribution in [1.82, 2.24) is 10.3 Å². The lowest BCUT2D eigenvalue weighted by Crippen LogP contribution is -2.57. The van der Waals surface area contributed by atoms with Gasteiger partial charge in [-0.25, -0.2) is 0 Å². The van der Waals surface area contributed by atoms with Crippen molar-refractivity contribution in [2.75, 3.05) is 6.61 Å². The largest absolute Gasteiger partial charge is 0.378 e. The molecular weight excluding hydrogens is 260 g/mol. The van der Waals surface area contributed by atoms with E-state index in [1.807, 2.05) is 17.5 Å². The predicted molar refractivity (Wildman–Crippen MR) is 74.5 cm³/mol. The van der Waals surface area contributed by atoms with Crippen molar-refractivity contribution in [3.63, 3.8) is 0 Å². The van der Waals surface area contributed by atoms with Crippen LogP contribution in [0, 0.1) is 5.92 Å². The number of carbonyl (C=O) groups excluding carboxylic acids is 1. The number of aromatic amines is 1. The van der Waals surface area contributed by atoms with Crippen molar-refractivity contribution in [3.05, 3.63) is 23.2 Å². The van der Waals surface area contributed by atoms with Crippen molar-refractivity contribution < 1.29 is 9.53 Å². The van der Waals surface area contributed by atoms with E-state index >= 15 is 0 Å². The van der Waals surface area contributed by atoms with Gasteiger partial charge >= 0.3 is 0 Å². The maximum absolute atomic E-state index is 12.2. The summed E-state index contributed by atoms with van der Waals surface area (Å²) in [5.41, 5.74) is 0.669. The fraction of sp³-hybridized carbons (Fsp3) is 0.500. The van der Waals surface area contributed by atoms with E-state index in [0.717, 1.165) is 29.7 Å². The highest BCUT2D eigenvalue weighted by molar-refractivity contribution is 7.16. The first-order chi connectivity index (χ1) is 9.31. The molecule has 3 heterocycles. The van der Waals surface area contributed by atoms with Gasteiger partial charge in [0.2, 0.25) is 0 Å². The van der Waals surface area contributed by atoms with E-state index in [1.54, 1.807) is 11.3 Å². The van der Waals surface area contributed by atoms with Crippen LogP contribution >= 0.6 is 11.3 Å². The van der Waals surface area contributed by atoms with Gasteiger partial charge in [-0.05, 0) is 36.8 Å². The topological polar surface area (TPSA) is 54.1 Å². The van der Waals surface area contributed by atoms with Crippen LogP contribution in [0.4, 0.5) is 0 Å². The number of hydrogen-bond acceptors (Lipinski definition) is 3. The zero-order valence-corrected chi connectivity index (χ0v) is 11.3. The van der Waals surface area contributed by atoms with Gasteiger partial charge in [0.1, 0.15) is 10.5 Å². The Bertz CT molecular complexity index is 589. The van der Waals surface area contributed by atoms with Crippen molar-refractivity contribution in [3.8, 4) is 0 Å². The average Bonchev–Trinajstić information content (AvgIpc) is 2.96. The van der Waals surface area contributed by atoms with Crippen molar-refractivity contribution in [1.29, 1.82) is 0 Å². The fourth-order valence-corrected chi connectivity index (χ4v) is 3.96. The molecule has 0 radical (unpaired) electrons. The summed E-state index contributed by atoms with van der Waals surface area (Å²) in [6.45, 7) is 0.884. The second kappa shape index (κ2) is 4.35. The Morgan fingerprint density at radius 2 is 2.47 bits per heavy atom. The third-order valence-corrected chi connectivity index (χ3v) is 5.14. The molecule has 3 atom stereocenters. The number of aromatic nitrogens is 1. The summed E-state index contributed by atoms with van der Waals surface area (Å²) < 4.78 is 5.67. The van der Waals surface area contributed by atoms with Crippen LogP contribution in [-0.4, -0.2) is 29.6 Å². The number of thiophene rings is 1.